The number of benzene rings is 1. The number of hydrogen-bond donors (Lipinski definition) is 0. The number of carbonyl (C=O) groups is 2. The van der Waals surface area contributed by atoms with E-state index >= 15 is 0 Å². The van der Waals surface area contributed by atoms with Crippen molar-refractivity contribution in [2.75, 3.05) is 19.1 Å². The lowest BCUT2D eigenvalue weighted by Gasteiger charge is -2.20. The second kappa shape index (κ2) is 5.41. The van der Waals surface area contributed by atoms with Crippen LogP contribution in [0.5, 0.6) is 11.5 Å². The molecule has 132 valence electrons. The maximum atomic E-state index is 12.9. The number of amides is 2. The van der Waals surface area contributed by atoms with Crippen LogP contribution >= 0.6 is 0 Å². The summed E-state index contributed by atoms with van der Waals surface area (Å²) in [7, 11) is 2.61. The first-order valence-electron chi connectivity index (χ1n) is 7.91. The number of ether oxygens (including phenoxy) is 3. The average Bonchev–Trinajstić information content (AvgIpc) is 3.27. The van der Waals surface area contributed by atoms with Crippen molar-refractivity contribution in [3.8, 4) is 11.5 Å². The molecule has 2 amide bonds. The Balaban J connectivity index is 1.81. The minimum absolute atomic E-state index is 0.0438. The molecule has 0 spiro atoms. The number of nitrogens with zero attached hydrogens (tertiary/aromatic N) is 2. The number of methoxy groups -OCH3 is 2. The van der Waals surface area contributed by atoms with Gasteiger partial charge in [-0.3, -0.25) is 19.7 Å². The molecule has 4 unspecified atom stereocenters. The Morgan fingerprint density at radius 1 is 1.08 bits per heavy atom. The van der Waals surface area contributed by atoms with Crippen LogP contribution in [-0.4, -0.2) is 43.2 Å². The molecule has 3 fully saturated rings. The van der Waals surface area contributed by atoms with Crippen molar-refractivity contribution in [2.24, 2.45) is 11.8 Å². The van der Waals surface area contributed by atoms with Crippen molar-refractivity contribution in [3.63, 3.8) is 0 Å². The van der Waals surface area contributed by atoms with Crippen molar-refractivity contribution in [1.29, 1.82) is 0 Å². The van der Waals surface area contributed by atoms with Gasteiger partial charge < -0.3 is 14.2 Å². The first-order valence-corrected chi connectivity index (χ1v) is 7.91. The van der Waals surface area contributed by atoms with Gasteiger partial charge in [0.15, 0.2) is 5.75 Å². The molecule has 0 aliphatic carbocycles. The molecule has 3 heterocycles. The van der Waals surface area contributed by atoms with Gasteiger partial charge in [0, 0.05) is 6.07 Å². The molecule has 3 saturated heterocycles. The van der Waals surface area contributed by atoms with Gasteiger partial charge in [-0.15, -0.1) is 0 Å². The van der Waals surface area contributed by atoms with Crippen molar-refractivity contribution < 1.29 is 28.7 Å². The SMILES string of the molecule is COc1cc([N+](=O)[O-])c(OC)cc1N1C(=O)C2C3CCC(O3)C2C1=O. The van der Waals surface area contributed by atoms with Gasteiger partial charge in [-0.25, -0.2) is 4.90 Å². The first-order chi connectivity index (χ1) is 12.0. The molecule has 0 radical (unpaired) electrons. The third kappa shape index (κ3) is 2.05. The summed E-state index contributed by atoms with van der Waals surface area (Å²) in [6, 6.07) is 2.46. The van der Waals surface area contributed by atoms with E-state index in [1.54, 1.807) is 0 Å². The third-order valence-corrected chi connectivity index (χ3v) is 5.20. The Kier molecular flexibility index (Phi) is 3.43. The standard InChI is InChI=1S/C16H16N2O7/c1-23-11-6-8(18(21)22)12(24-2)5-7(11)17-15(19)13-9-3-4-10(25-9)14(13)16(17)20/h5-6,9-10,13-14H,3-4H2,1-2H3. The first kappa shape index (κ1) is 15.8. The van der Waals surface area contributed by atoms with E-state index in [9.17, 15) is 19.7 Å². The van der Waals surface area contributed by atoms with Crippen molar-refractivity contribution in [3.05, 3.63) is 22.2 Å². The fraction of sp³-hybridized carbons (Fsp3) is 0.500. The number of carbonyl (C=O) groups excluding carboxylic acids is 2. The maximum Gasteiger partial charge on any atom is 0.314 e. The van der Waals surface area contributed by atoms with Crippen LogP contribution in [0.2, 0.25) is 0 Å². The third-order valence-electron chi connectivity index (χ3n) is 5.20. The van der Waals surface area contributed by atoms with Crippen LogP contribution in [0.1, 0.15) is 12.8 Å². The maximum absolute atomic E-state index is 12.9. The molecule has 9 nitrogen and oxygen atoms in total. The molecular weight excluding hydrogens is 332 g/mol. The number of hydrogen-bond acceptors (Lipinski definition) is 7. The minimum atomic E-state index is -0.610. The highest BCUT2D eigenvalue weighted by atomic mass is 16.6. The van der Waals surface area contributed by atoms with E-state index < -0.39 is 16.8 Å². The Bertz CT molecular complexity index is 765. The topological polar surface area (TPSA) is 108 Å². The molecule has 0 saturated carbocycles. The number of imide groups is 1. The summed E-state index contributed by atoms with van der Waals surface area (Å²) in [6.45, 7) is 0. The van der Waals surface area contributed by atoms with Crippen LogP contribution in [0.15, 0.2) is 12.1 Å². The van der Waals surface area contributed by atoms with Gasteiger partial charge in [0.25, 0.3) is 0 Å². The second-order valence-electron chi connectivity index (χ2n) is 6.31. The second-order valence-corrected chi connectivity index (χ2v) is 6.31. The van der Waals surface area contributed by atoms with Gasteiger partial charge in [-0.2, -0.15) is 0 Å². The van der Waals surface area contributed by atoms with E-state index in [1.807, 2.05) is 0 Å². The highest BCUT2D eigenvalue weighted by Crippen LogP contribution is 2.51. The van der Waals surface area contributed by atoms with Crippen LogP contribution in [0.3, 0.4) is 0 Å². The van der Waals surface area contributed by atoms with Gasteiger partial charge in [0.1, 0.15) is 5.75 Å². The summed E-state index contributed by atoms with van der Waals surface area (Å²) in [5.74, 6) is -1.65. The van der Waals surface area contributed by atoms with Crippen molar-refractivity contribution >= 4 is 23.2 Å². The molecule has 25 heavy (non-hydrogen) atoms. The highest BCUT2D eigenvalue weighted by Gasteiger charge is 2.63. The van der Waals surface area contributed by atoms with Crippen LogP contribution in [-0.2, 0) is 14.3 Å². The quantitative estimate of drug-likeness (QED) is 0.458. The highest BCUT2D eigenvalue weighted by molar-refractivity contribution is 6.23. The monoisotopic (exact) mass is 348 g/mol. The minimum Gasteiger partial charge on any atom is -0.494 e. The van der Waals surface area contributed by atoms with Crippen LogP contribution in [0.25, 0.3) is 0 Å². The zero-order chi connectivity index (χ0) is 17.9. The number of nitro groups is 1. The van der Waals surface area contributed by atoms with Crippen LogP contribution in [0, 0.1) is 22.0 Å². The predicted molar refractivity (Wildman–Crippen MR) is 83.6 cm³/mol. The predicted octanol–water partition coefficient (Wildman–Crippen LogP) is 1.28. The van der Waals surface area contributed by atoms with Gasteiger partial charge in [-0.05, 0) is 12.8 Å². The Morgan fingerprint density at radius 2 is 1.64 bits per heavy atom. The van der Waals surface area contributed by atoms with Gasteiger partial charge in [0.05, 0.1) is 54.9 Å². The Labute approximate surface area is 142 Å². The summed E-state index contributed by atoms with van der Waals surface area (Å²) in [6.07, 6.45) is 1.06. The molecule has 9 heteroatoms. The molecular formula is C16H16N2O7. The lowest BCUT2D eigenvalue weighted by atomic mass is 9.81. The van der Waals surface area contributed by atoms with Gasteiger partial charge >= 0.3 is 5.69 Å². The summed E-state index contributed by atoms with van der Waals surface area (Å²) in [5, 5.41) is 11.2. The molecule has 2 bridgehead atoms. The number of fused-ring (bicyclic) bond motifs is 5. The van der Waals surface area contributed by atoms with E-state index in [1.165, 1.54) is 20.3 Å². The zero-order valence-electron chi connectivity index (χ0n) is 13.6. The van der Waals surface area contributed by atoms with E-state index in [2.05, 4.69) is 0 Å². The number of nitro benzene ring substituents is 1. The summed E-state index contributed by atoms with van der Waals surface area (Å²) in [5.41, 5.74) is -0.139. The summed E-state index contributed by atoms with van der Waals surface area (Å²) < 4.78 is 16.0. The van der Waals surface area contributed by atoms with E-state index in [0.717, 1.165) is 23.8 Å². The lowest BCUT2D eigenvalue weighted by Crippen LogP contribution is -2.34. The van der Waals surface area contributed by atoms with E-state index in [0.29, 0.717) is 0 Å². The molecule has 1 aromatic carbocycles. The van der Waals surface area contributed by atoms with Gasteiger partial charge in [0.2, 0.25) is 11.8 Å². The fourth-order valence-electron chi connectivity index (χ4n) is 4.13. The molecule has 4 atom stereocenters. The fourth-order valence-corrected chi connectivity index (χ4v) is 4.13. The summed E-state index contributed by atoms with van der Waals surface area (Å²) in [4.78, 5) is 37.4. The lowest BCUT2D eigenvalue weighted by molar-refractivity contribution is -0.385. The molecule has 0 N–H and O–H groups in total. The normalized spacial score (nSPS) is 29.9. The average molecular weight is 348 g/mol. The molecule has 3 aliphatic rings. The zero-order valence-corrected chi connectivity index (χ0v) is 13.6. The molecule has 3 aliphatic heterocycles. The molecule has 0 aromatic heterocycles. The summed E-state index contributed by atoms with van der Waals surface area (Å²) >= 11 is 0. The van der Waals surface area contributed by atoms with Gasteiger partial charge in [-0.1, -0.05) is 0 Å². The largest absolute Gasteiger partial charge is 0.494 e. The van der Waals surface area contributed by atoms with Crippen molar-refractivity contribution in [2.45, 2.75) is 25.0 Å². The van der Waals surface area contributed by atoms with E-state index in [4.69, 9.17) is 14.2 Å². The van der Waals surface area contributed by atoms with Crippen molar-refractivity contribution in [1.82, 2.24) is 0 Å². The smallest absolute Gasteiger partial charge is 0.314 e. The number of rotatable bonds is 4. The Hall–Kier alpha value is -2.68. The molecule has 1 aromatic rings. The van der Waals surface area contributed by atoms with Crippen LogP contribution < -0.4 is 14.4 Å². The van der Waals surface area contributed by atoms with E-state index in [-0.39, 0.29) is 46.9 Å². The van der Waals surface area contributed by atoms with Crippen LogP contribution in [0.4, 0.5) is 11.4 Å². The number of anilines is 1. The molecule has 4 rings (SSSR count). The Morgan fingerprint density at radius 3 is 2.12 bits per heavy atom.